The summed E-state index contributed by atoms with van der Waals surface area (Å²) in [6.45, 7) is 1.81. The van der Waals surface area contributed by atoms with Gasteiger partial charge in [-0.3, -0.25) is 4.79 Å². The molecule has 2 bridgehead atoms. The zero-order chi connectivity index (χ0) is 11.1. The number of carbonyl (C=O) groups is 1. The monoisotopic (exact) mass is 237 g/mol. The second-order valence-corrected chi connectivity index (χ2v) is 4.67. The highest BCUT2D eigenvalue weighted by Crippen LogP contribution is 2.30. The lowest BCUT2D eigenvalue weighted by molar-refractivity contribution is -0.00218. The molecule has 0 aromatic carbocycles. The summed E-state index contributed by atoms with van der Waals surface area (Å²) in [4.78, 5) is 18.0. The number of rotatable bonds is 1. The molecule has 2 saturated heterocycles. The van der Waals surface area contributed by atoms with Crippen molar-refractivity contribution in [2.45, 2.75) is 18.5 Å². The van der Waals surface area contributed by atoms with Crippen LogP contribution in [0.15, 0.2) is 18.3 Å². The maximum absolute atomic E-state index is 12.2. The van der Waals surface area contributed by atoms with E-state index >= 15 is 0 Å². The Morgan fingerprint density at radius 2 is 2.25 bits per heavy atom. The highest BCUT2D eigenvalue weighted by molar-refractivity contribution is 6.29. The van der Waals surface area contributed by atoms with Gasteiger partial charge in [0.25, 0.3) is 5.91 Å². The van der Waals surface area contributed by atoms with Gasteiger partial charge in [0.2, 0.25) is 0 Å². The van der Waals surface area contributed by atoms with E-state index in [0.29, 0.717) is 22.8 Å². The van der Waals surface area contributed by atoms with E-state index in [4.69, 9.17) is 11.6 Å². The van der Waals surface area contributed by atoms with Crippen LogP contribution in [0.25, 0.3) is 0 Å². The summed E-state index contributed by atoms with van der Waals surface area (Å²) in [6.07, 6.45) is 2.70. The van der Waals surface area contributed by atoms with E-state index in [1.165, 1.54) is 0 Å². The van der Waals surface area contributed by atoms with Crippen LogP contribution in [0.4, 0.5) is 0 Å². The maximum atomic E-state index is 12.2. The fourth-order valence-electron chi connectivity index (χ4n) is 2.50. The minimum atomic E-state index is 0.0760. The molecule has 2 atom stereocenters. The third-order valence-electron chi connectivity index (χ3n) is 3.30. The van der Waals surface area contributed by atoms with Crippen molar-refractivity contribution in [3.05, 3.63) is 29.0 Å². The number of amides is 1. The van der Waals surface area contributed by atoms with Crippen molar-refractivity contribution in [1.29, 1.82) is 0 Å². The molecule has 1 N–H and O–H groups in total. The van der Waals surface area contributed by atoms with Crippen molar-refractivity contribution >= 4 is 17.5 Å². The van der Waals surface area contributed by atoms with E-state index in [0.717, 1.165) is 19.5 Å². The number of carbonyl (C=O) groups excluding carboxylic acids is 1. The van der Waals surface area contributed by atoms with Crippen LogP contribution < -0.4 is 5.32 Å². The van der Waals surface area contributed by atoms with Crippen LogP contribution in [0.1, 0.15) is 16.8 Å². The number of piperazine rings is 1. The van der Waals surface area contributed by atoms with E-state index in [2.05, 4.69) is 10.3 Å². The first-order valence-corrected chi connectivity index (χ1v) is 5.78. The first-order chi connectivity index (χ1) is 7.75. The van der Waals surface area contributed by atoms with E-state index < -0.39 is 0 Å². The lowest BCUT2D eigenvalue weighted by atomic mass is 9.88. The Morgan fingerprint density at radius 3 is 2.88 bits per heavy atom. The van der Waals surface area contributed by atoms with Crippen LogP contribution in [0, 0.1) is 0 Å². The molecule has 0 spiro atoms. The molecule has 5 heteroatoms. The molecule has 0 saturated carbocycles. The molecule has 1 amide bonds. The molecule has 0 radical (unpaired) electrons. The van der Waals surface area contributed by atoms with Gasteiger partial charge in [-0.1, -0.05) is 11.6 Å². The number of halogens is 1. The van der Waals surface area contributed by atoms with Crippen molar-refractivity contribution in [2.75, 3.05) is 13.1 Å². The van der Waals surface area contributed by atoms with Gasteiger partial charge in [0.15, 0.2) is 0 Å². The van der Waals surface area contributed by atoms with Gasteiger partial charge in [-0.05, 0) is 18.6 Å². The molecular weight excluding hydrogens is 226 g/mol. The van der Waals surface area contributed by atoms with Gasteiger partial charge >= 0.3 is 0 Å². The van der Waals surface area contributed by atoms with Crippen molar-refractivity contribution in [3.8, 4) is 0 Å². The molecule has 2 aliphatic heterocycles. The SMILES string of the molecule is O=C(c1ccnc(Cl)c1)N1C2CNCC1C2. The number of hydrogen-bond donors (Lipinski definition) is 1. The van der Waals surface area contributed by atoms with Gasteiger partial charge in [-0.25, -0.2) is 4.98 Å². The number of fused-ring (bicyclic) bond motifs is 2. The highest BCUT2D eigenvalue weighted by atomic mass is 35.5. The number of nitrogens with zero attached hydrogens (tertiary/aromatic N) is 2. The first-order valence-electron chi connectivity index (χ1n) is 5.40. The van der Waals surface area contributed by atoms with Crippen LogP contribution in [0.3, 0.4) is 0 Å². The highest BCUT2D eigenvalue weighted by Gasteiger charge is 2.44. The molecule has 1 aromatic rings. The molecule has 16 heavy (non-hydrogen) atoms. The Bertz CT molecular complexity index is 423. The van der Waals surface area contributed by atoms with E-state index in [-0.39, 0.29) is 5.91 Å². The zero-order valence-electron chi connectivity index (χ0n) is 8.69. The topological polar surface area (TPSA) is 45.2 Å². The molecule has 2 aliphatic rings. The lowest BCUT2D eigenvalue weighted by Crippen LogP contribution is -2.69. The zero-order valence-corrected chi connectivity index (χ0v) is 9.44. The number of piperidine rings is 1. The van der Waals surface area contributed by atoms with Gasteiger partial charge in [-0.2, -0.15) is 0 Å². The summed E-state index contributed by atoms with van der Waals surface area (Å²) in [5.74, 6) is 0.0760. The second kappa shape index (κ2) is 3.71. The Balaban J connectivity index is 1.83. The molecule has 2 unspecified atom stereocenters. The predicted octanol–water partition coefficient (Wildman–Crippen LogP) is 0.921. The maximum Gasteiger partial charge on any atom is 0.254 e. The van der Waals surface area contributed by atoms with E-state index in [1.54, 1.807) is 18.3 Å². The predicted molar refractivity (Wildman–Crippen MR) is 60.5 cm³/mol. The first kappa shape index (κ1) is 10.1. The van der Waals surface area contributed by atoms with Crippen LogP contribution >= 0.6 is 11.6 Å². The summed E-state index contributed by atoms with van der Waals surface area (Å²) in [6, 6.07) is 4.07. The van der Waals surface area contributed by atoms with Crippen molar-refractivity contribution < 1.29 is 4.79 Å². The normalized spacial score (nSPS) is 27.4. The molecule has 3 heterocycles. The third-order valence-corrected chi connectivity index (χ3v) is 3.51. The summed E-state index contributed by atoms with van der Waals surface area (Å²) >= 11 is 5.78. The van der Waals surface area contributed by atoms with Gasteiger partial charge in [0.05, 0.1) is 0 Å². The standard InChI is InChI=1S/C11H12ClN3O/c12-10-3-7(1-2-14-10)11(16)15-8-4-9(15)6-13-5-8/h1-3,8-9,13H,4-6H2. The minimum absolute atomic E-state index is 0.0760. The van der Waals surface area contributed by atoms with E-state index in [1.807, 2.05) is 4.90 Å². The Morgan fingerprint density at radius 1 is 1.50 bits per heavy atom. The molecule has 4 nitrogen and oxygen atoms in total. The molecular formula is C11H12ClN3O. The number of hydrogen-bond acceptors (Lipinski definition) is 3. The Hall–Kier alpha value is -1.13. The number of pyridine rings is 1. The van der Waals surface area contributed by atoms with Gasteiger partial charge < -0.3 is 10.2 Å². The van der Waals surface area contributed by atoms with Crippen molar-refractivity contribution in [1.82, 2.24) is 15.2 Å². The average molecular weight is 238 g/mol. The summed E-state index contributed by atoms with van der Waals surface area (Å²) in [7, 11) is 0. The molecule has 2 fully saturated rings. The third kappa shape index (κ3) is 1.49. The van der Waals surface area contributed by atoms with Crippen LogP contribution in [0.2, 0.25) is 5.15 Å². The van der Waals surface area contributed by atoms with Crippen LogP contribution in [-0.2, 0) is 0 Å². The van der Waals surface area contributed by atoms with Crippen LogP contribution in [-0.4, -0.2) is 41.0 Å². The van der Waals surface area contributed by atoms with E-state index in [9.17, 15) is 4.79 Å². The van der Waals surface area contributed by atoms with Crippen molar-refractivity contribution in [3.63, 3.8) is 0 Å². The largest absolute Gasteiger partial charge is 0.330 e. The Kier molecular flexibility index (Phi) is 2.33. The Labute approximate surface area is 98.6 Å². The minimum Gasteiger partial charge on any atom is -0.330 e. The molecule has 3 rings (SSSR count). The molecule has 0 aliphatic carbocycles. The molecule has 84 valence electrons. The number of aromatic nitrogens is 1. The quantitative estimate of drug-likeness (QED) is 0.739. The van der Waals surface area contributed by atoms with Crippen molar-refractivity contribution in [2.24, 2.45) is 0 Å². The average Bonchev–Trinajstić information content (AvgIpc) is 2.30. The second-order valence-electron chi connectivity index (χ2n) is 4.28. The van der Waals surface area contributed by atoms with Gasteiger partial charge in [0.1, 0.15) is 5.15 Å². The van der Waals surface area contributed by atoms with Crippen LogP contribution in [0.5, 0.6) is 0 Å². The smallest absolute Gasteiger partial charge is 0.254 e. The summed E-state index contributed by atoms with van der Waals surface area (Å²) in [5.41, 5.74) is 0.636. The van der Waals surface area contributed by atoms with Gasteiger partial charge in [-0.15, -0.1) is 0 Å². The summed E-state index contributed by atoms with van der Waals surface area (Å²) in [5, 5.41) is 3.67. The summed E-state index contributed by atoms with van der Waals surface area (Å²) < 4.78 is 0. The fraction of sp³-hybridized carbons (Fsp3) is 0.455. The van der Waals surface area contributed by atoms with Gasteiger partial charge in [0, 0.05) is 36.9 Å². The lowest BCUT2D eigenvalue weighted by Gasteiger charge is -2.53. The molecule has 1 aromatic heterocycles. The number of nitrogens with one attached hydrogen (secondary N) is 1. The fourth-order valence-corrected chi connectivity index (χ4v) is 2.67.